The zero-order chi connectivity index (χ0) is 20.6. The Morgan fingerprint density at radius 2 is 1.96 bits per heavy atom. The van der Waals surface area contributed by atoms with Gasteiger partial charge in [-0.05, 0) is 38.3 Å². The largest absolute Gasteiger partial charge is 0.416 e. The number of halogens is 3. The van der Waals surface area contributed by atoms with Gasteiger partial charge in [-0.25, -0.2) is 0 Å². The van der Waals surface area contributed by atoms with E-state index in [1.807, 2.05) is 0 Å². The van der Waals surface area contributed by atoms with Crippen LogP contribution in [0.2, 0.25) is 0 Å². The first-order valence-electron chi connectivity index (χ1n) is 9.31. The highest BCUT2D eigenvalue weighted by atomic mass is 19.4. The third-order valence-electron chi connectivity index (χ3n) is 5.68. The van der Waals surface area contributed by atoms with Gasteiger partial charge in [0.05, 0.1) is 17.4 Å². The number of carbonyl (C=O) groups is 1. The molecule has 0 radical (unpaired) electrons. The Labute approximate surface area is 162 Å². The van der Waals surface area contributed by atoms with Crippen LogP contribution in [-0.2, 0) is 21.9 Å². The summed E-state index contributed by atoms with van der Waals surface area (Å²) < 4.78 is 40.9. The van der Waals surface area contributed by atoms with Crippen LogP contribution in [0.25, 0.3) is 0 Å². The van der Waals surface area contributed by atoms with E-state index >= 15 is 0 Å². The molecule has 1 aliphatic carbocycles. The van der Waals surface area contributed by atoms with Gasteiger partial charge >= 0.3 is 6.18 Å². The quantitative estimate of drug-likeness (QED) is 0.809. The molecule has 8 heteroatoms. The molecular formula is C20H25F3N4O. The number of nitrogen functional groups attached to an aromatic ring is 1. The van der Waals surface area contributed by atoms with Crippen molar-refractivity contribution in [2.75, 3.05) is 12.3 Å². The summed E-state index contributed by atoms with van der Waals surface area (Å²) in [5.41, 5.74) is 4.66. The minimum atomic E-state index is -4.39. The number of nitrogens with two attached hydrogens (primary N) is 1. The second kappa shape index (κ2) is 7.14. The second-order valence-electron chi connectivity index (χ2n) is 8.03. The van der Waals surface area contributed by atoms with E-state index in [2.05, 4.69) is 10.4 Å². The zero-order valence-corrected chi connectivity index (χ0v) is 16.0. The van der Waals surface area contributed by atoms with E-state index in [0.717, 1.165) is 31.7 Å². The number of nitrogens with zero attached hydrogens (tertiary/aromatic N) is 2. The van der Waals surface area contributed by atoms with Crippen molar-refractivity contribution in [2.45, 2.75) is 56.7 Å². The molecule has 1 amide bonds. The van der Waals surface area contributed by atoms with Gasteiger partial charge in [-0.15, -0.1) is 0 Å². The minimum Gasteiger partial charge on any atom is -0.396 e. The third kappa shape index (κ3) is 3.86. The molecule has 3 rings (SSSR count). The van der Waals surface area contributed by atoms with Crippen LogP contribution in [0.4, 0.5) is 18.9 Å². The number of alkyl halides is 3. The zero-order valence-electron chi connectivity index (χ0n) is 16.0. The fourth-order valence-electron chi connectivity index (χ4n) is 3.86. The molecule has 2 aromatic rings. The van der Waals surface area contributed by atoms with Gasteiger partial charge in [-0.3, -0.25) is 9.48 Å². The minimum absolute atomic E-state index is 0.256. The number of hydrogen-bond acceptors (Lipinski definition) is 3. The van der Waals surface area contributed by atoms with E-state index in [1.54, 1.807) is 26.1 Å². The molecule has 0 unspecified atom stereocenters. The molecule has 5 nitrogen and oxygen atoms in total. The number of hydrogen-bond donors (Lipinski definition) is 2. The first-order valence-corrected chi connectivity index (χ1v) is 9.31. The Kier molecular flexibility index (Phi) is 5.16. The van der Waals surface area contributed by atoms with Crippen molar-refractivity contribution in [1.82, 2.24) is 15.1 Å². The molecule has 1 aliphatic rings. The molecule has 1 saturated carbocycles. The summed E-state index contributed by atoms with van der Waals surface area (Å²) in [7, 11) is 0. The van der Waals surface area contributed by atoms with Crippen LogP contribution in [-0.4, -0.2) is 22.2 Å². The van der Waals surface area contributed by atoms with Crippen LogP contribution in [0.5, 0.6) is 0 Å². The van der Waals surface area contributed by atoms with E-state index in [0.29, 0.717) is 11.3 Å². The smallest absolute Gasteiger partial charge is 0.396 e. The maximum Gasteiger partial charge on any atom is 0.416 e. The first kappa shape index (κ1) is 20.2. The van der Waals surface area contributed by atoms with Gasteiger partial charge in [0.15, 0.2) is 0 Å². The Morgan fingerprint density at radius 3 is 2.54 bits per heavy atom. The van der Waals surface area contributed by atoms with E-state index in [9.17, 15) is 18.0 Å². The number of amides is 1. The summed E-state index contributed by atoms with van der Waals surface area (Å²) >= 11 is 0. The Hall–Kier alpha value is -2.51. The number of benzene rings is 1. The molecule has 1 aromatic carbocycles. The van der Waals surface area contributed by atoms with Crippen molar-refractivity contribution in [1.29, 1.82) is 0 Å². The van der Waals surface area contributed by atoms with Crippen LogP contribution in [0.1, 0.15) is 50.7 Å². The Bertz CT molecular complexity index is 851. The van der Waals surface area contributed by atoms with Gasteiger partial charge in [-0.2, -0.15) is 18.3 Å². The van der Waals surface area contributed by atoms with Crippen molar-refractivity contribution >= 4 is 11.6 Å². The molecular weight excluding hydrogens is 369 g/mol. The predicted octanol–water partition coefficient (Wildman–Crippen LogP) is 3.85. The van der Waals surface area contributed by atoms with Gasteiger partial charge in [0.2, 0.25) is 5.91 Å². The maximum absolute atomic E-state index is 13.1. The SMILES string of the molecule is CC(C)(C(=O)NCC1(c2cccc(C(F)(F)F)c2)CCCC1)n1cc(N)cn1. The number of rotatable bonds is 5. The summed E-state index contributed by atoms with van der Waals surface area (Å²) in [6.07, 6.45) is 1.98. The molecule has 0 spiro atoms. The lowest BCUT2D eigenvalue weighted by Crippen LogP contribution is -2.48. The van der Waals surface area contributed by atoms with Crippen molar-refractivity contribution < 1.29 is 18.0 Å². The molecule has 1 heterocycles. The van der Waals surface area contributed by atoms with Gasteiger partial charge in [0, 0.05) is 18.2 Å². The number of nitrogens with one attached hydrogen (secondary N) is 1. The van der Waals surface area contributed by atoms with Gasteiger partial charge in [-0.1, -0.05) is 31.0 Å². The van der Waals surface area contributed by atoms with E-state index in [-0.39, 0.29) is 12.5 Å². The fraction of sp³-hybridized carbons (Fsp3) is 0.500. The van der Waals surface area contributed by atoms with Crippen LogP contribution in [0.15, 0.2) is 36.7 Å². The Morgan fingerprint density at radius 1 is 1.29 bits per heavy atom. The van der Waals surface area contributed by atoms with Gasteiger partial charge in [0.1, 0.15) is 5.54 Å². The average Bonchev–Trinajstić information content (AvgIpc) is 3.29. The molecule has 0 atom stereocenters. The molecule has 1 fully saturated rings. The van der Waals surface area contributed by atoms with E-state index in [1.165, 1.54) is 23.0 Å². The van der Waals surface area contributed by atoms with Crippen LogP contribution in [0, 0.1) is 0 Å². The fourth-order valence-corrected chi connectivity index (χ4v) is 3.86. The molecule has 0 aliphatic heterocycles. The highest BCUT2D eigenvalue weighted by Gasteiger charge is 2.40. The number of aromatic nitrogens is 2. The summed E-state index contributed by atoms with van der Waals surface area (Å²) in [5.74, 6) is -0.256. The highest BCUT2D eigenvalue weighted by Crippen LogP contribution is 2.42. The number of anilines is 1. The summed E-state index contributed by atoms with van der Waals surface area (Å²) in [4.78, 5) is 12.8. The van der Waals surface area contributed by atoms with Crippen molar-refractivity contribution in [2.24, 2.45) is 0 Å². The highest BCUT2D eigenvalue weighted by molar-refractivity contribution is 5.83. The monoisotopic (exact) mass is 394 g/mol. The third-order valence-corrected chi connectivity index (χ3v) is 5.68. The van der Waals surface area contributed by atoms with Gasteiger partial charge < -0.3 is 11.1 Å². The van der Waals surface area contributed by atoms with Crippen LogP contribution < -0.4 is 11.1 Å². The van der Waals surface area contributed by atoms with E-state index in [4.69, 9.17) is 5.73 Å². The standard InChI is InChI=1S/C20H25F3N4O/c1-18(2,27-12-16(24)11-26-27)17(28)25-13-19(8-3-4-9-19)14-6-5-7-15(10-14)20(21,22)23/h5-7,10-12H,3-4,8-9,13,24H2,1-2H3,(H,25,28). The summed E-state index contributed by atoms with van der Waals surface area (Å²) in [6.45, 7) is 3.73. The predicted molar refractivity (Wildman–Crippen MR) is 101 cm³/mol. The molecule has 0 saturated heterocycles. The Balaban J connectivity index is 1.81. The first-order chi connectivity index (χ1) is 13.0. The lowest BCUT2D eigenvalue weighted by atomic mass is 9.78. The average molecular weight is 394 g/mol. The van der Waals surface area contributed by atoms with Crippen molar-refractivity contribution in [3.63, 3.8) is 0 Å². The molecule has 3 N–H and O–H groups in total. The van der Waals surface area contributed by atoms with Gasteiger partial charge in [0.25, 0.3) is 0 Å². The van der Waals surface area contributed by atoms with Crippen LogP contribution in [0.3, 0.4) is 0 Å². The summed E-state index contributed by atoms with van der Waals surface area (Å²) in [5, 5.41) is 7.06. The van der Waals surface area contributed by atoms with Crippen LogP contribution >= 0.6 is 0 Å². The number of carbonyl (C=O) groups excluding carboxylic acids is 1. The normalized spacial score (nSPS) is 16.9. The van der Waals surface area contributed by atoms with Crippen molar-refractivity contribution in [3.8, 4) is 0 Å². The lowest BCUT2D eigenvalue weighted by Gasteiger charge is -2.33. The summed E-state index contributed by atoms with van der Waals surface area (Å²) in [6, 6.07) is 5.47. The molecule has 1 aromatic heterocycles. The second-order valence-corrected chi connectivity index (χ2v) is 8.03. The molecule has 152 valence electrons. The maximum atomic E-state index is 13.1. The molecule has 28 heavy (non-hydrogen) atoms. The van der Waals surface area contributed by atoms with E-state index < -0.39 is 22.7 Å². The topological polar surface area (TPSA) is 72.9 Å². The molecule has 0 bridgehead atoms. The lowest BCUT2D eigenvalue weighted by molar-refractivity contribution is -0.137. The van der Waals surface area contributed by atoms with Crippen molar-refractivity contribution in [3.05, 3.63) is 47.8 Å².